The van der Waals surface area contributed by atoms with E-state index < -0.39 is 0 Å². The second kappa shape index (κ2) is 17.6. The average molecular weight is 746 g/mol. The zero-order valence-corrected chi connectivity index (χ0v) is 34.0. The van der Waals surface area contributed by atoms with Gasteiger partial charge in [-0.25, -0.2) is 0 Å². The molecule has 0 aliphatic heterocycles. The monoisotopic (exact) mass is 745 g/mol. The first kappa shape index (κ1) is 37.4. The molecule has 288 valence electrons. The lowest BCUT2D eigenvalue weighted by atomic mass is 9.75. The molecule has 0 radical (unpaired) electrons. The molecule has 0 bridgehead atoms. The predicted octanol–water partition coefficient (Wildman–Crippen LogP) is 15.4. The van der Waals surface area contributed by atoms with Crippen LogP contribution in [0.5, 0.6) is 0 Å². The van der Waals surface area contributed by atoms with Gasteiger partial charge >= 0.3 is 0 Å². The number of rotatable bonds is 11. The Kier molecular flexibility index (Phi) is 11.5. The van der Waals surface area contributed by atoms with Gasteiger partial charge in [0.15, 0.2) is 0 Å². The van der Waals surface area contributed by atoms with Crippen molar-refractivity contribution >= 4 is 16.8 Å². The van der Waals surface area contributed by atoms with Crippen LogP contribution in [0.1, 0.15) is 129 Å². The first-order valence-electron chi connectivity index (χ1n) is 22.2. The molecule has 0 spiro atoms. The van der Waals surface area contributed by atoms with E-state index in [2.05, 4.69) is 164 Å². The molecular weight excluding hydrogens is 687 g/mol. The summed E-state index contributed by atoms with van der Waals surface area (Å²) < 4.78 is 0. The Hall–Kier alpha value is -5.14. The molecule has 4 aliphatic carbocycles. The fourth-order valence-electron chi connectivity index (χ4n) is 10.3. The fraction of sp³-hybridized carbons (Fsp3) is 0.321. The van der Waals surface area contributed by atoms with Gasteiger partial charge in [-0.2, -0.15) is 0 Å². The maximum atomic E-state index is 2.70. The van der Waals surface area contributed by atoms with Crippen LogP contribution in [0.4, 0.5) is 5.69 Å². The van der Waals surface area contributed by atoms with Gasteiger partial charge in [0, 0.05) is 11.4 Å². The van der Waals surface area contributed by atoms with E-state index in [1.54, 1.807) is 5.57 Å². The van der Waals surface area contributed by atoms with Crippen LogP contribution in [0.15, 0.2) is 163 Å². The molecule has 3 atom stereocenters. The number of hydrogen-bond donors (Lipinski definition) is 0. The van der Waals surface area contributed by atoms with Crippen LogP contribution in [-0.2, 0) is 12.8 Å². The number of aryl methyl sites for hydroxylation is 1. The van der Waals surface area contributed by atoms with Crippen molar-refractivity contribution in [3.05, 3.63) is 196 Å². The van der Waals surface area contributed by atoms with Gasteiger partial charge < -0.3 is 4.90 Å². The number of allylic oxidation sites excluding steroid dienone is 8. The molecule has 3 unspecified atom stereocenters. The van der Waals surface area contributed by atoms with E-state index in [4.69, 9.17) is 0 Å². The van der Waals surface area contributed by atoms with Crippen LogP contribution in [0.3, 0.4) is 0 Å². The van der Waals surface area contributed by atoms with E-state index >= 15 is 0 Å². The second-order valence-electron chi connectivity index (χ2n) is 17.2. The van der Waals surface area contributed by atoms with E-state index in [9.17, 15) is 0 Å². The first-order chi connectivity index (χ1) is 28.2. The third kappa shape index (κ3) is 8.45. The number of hydrogen-bond acceptors (Lipinski definition) is 1. The summed E-state index contributed by atoms with van der Waals surface area (Å²) in [6, 6.07) is 49.2. The smallest absolute Gasteiger partial charge is 0.0591 e. The largest absolute Gasteiger partial charge is 0.338 e. The SMILES string of the molecule is CC(c1ccc(-c2ccc(N(C3=CCCCC3)C3CCCc4ccccc43)cc2)cc1)C(Cc1ccc(C2=CCCCC2)cc1)C1=CC=C(c2ccccc2)CC1. The number of benzene rings is 5. The molecule has 0 saturated heterocycles. The van der Waals surface area contributed by atoms with Gasteiger partial charge in [-0.15, -0.1) is 0 Å². The van der Waals surface area contributed by atoms with Crippen molar-refractivity contribution in [1.82, 2.24) is 0 Å². The molecule has 4 aliphatic rings. The van der Waals surface area contributed by atoms with Crippen molar-refractivity contribution in [2.45, 2.75) is 109 Å². The molecular formula is C56H59N. The molecule has 0 amide bonds. The van der Waals surface area contributed by atoms with Crippen LogP contribution in [0, 0.1) is 5.92 Å². The quantitative estimate of drug-likeness (QED) is 0.130. The second-order valence-corrected chi connectivity index (χ2v) is 17.2. The van der Waals surface area contributed by atoms with Crippen LogP contribution in [0.2, 0.25) is 0 Å². The van der Waals surface area contributed by atoms with E-state index in [1.165, 1.54) is 138 Å². The molecule has 0 heterocycles. The standard InChI is InChI=1S/C56H59N/c1-41(55(51-34-32-47(33-35-51)45-16-7-3-8-17-45)40-42-24-26-46(27-25-42)44-14-5-2-6-15-44)43-28-30-48(31-29-43)49-36-38-53(39-37-49)57(52-20-9-4-10-21-52)56-23-13-19-50-18-11-12-22-54(50)56/h3,7-8,11-12,14,16-18,20,22,24-32,34,36-39,41,55-56H,2,4-6,9-10,13,15,19,21,23,33,35,40H2,1H3. The fourth-order valence-corrected chi connectivity index (χ4v) is 10.3. The predicted molar refractivity (Wildman–Crippen MR) is 243 cm³/mol. The van der Waals surface area contributed by atoms with Gasteiger partial charge in [0.05, 0.1) is 6.04 Å². The van der Waals surface area contributed by atoms with Crippen LogP contribution in [0.25, 0.3) is 22.3 Å². The minimum atomic E-state index is 0.399. The minimum absolute atomic E-state index is 0.399. The summed E-state index contributed by atoms with van der Waals surface area (Å²) in [5, 5.41) is 0. The van der Waals surface area contributed by atoms with Crippen molar-refractivity contribution in [2.75, 3.05) is 4.90 Å². The lowest BCUT2D eigenvalue weighted by Gasteiger charge is -2.40. The summed E-state index contributed by atoms with van der Waals surface area (Å²) in [5.41, 5.74) is 18.7. The Labute approximate surface area is 342 Å². The lowest BCUT2D eigenvalue weighted by Crippen LogP contribution is -2.31. The number of fused-ring (bicyclic) bond motifs is 1. The zero-order chi connectivity index (χ0) is 38.4. The van der Waals surface area contributed by atoms with Gasteiger partial charge in [-0.1, -0.05) is 152 Å². The third-order valence-electron chi connectivity index (χ3n) is 13.6. The Bertz CT molecular complexity index is 2250. The van der Waals surface area contributed by atoms with Gasteiger partial charge in [0.2, 0.25) is 0 Å². The highest BCUT2D eigenvalue weighted by Gasteiger charge is 2.29. The number of nitrogens with zero attached hydrogens (tertiary/aromatic N) is 1. The van der Waals surface area contributed by atoms with Gasteiger partial charge in [-0.05, 0) is 170 Å². The molecule has 0 fully saturated rings. The molecule has 0 N–H and O–H groups in total. The Morgan fingerprint density at radius 2 is 1.23 bits per heavy atom. The maximum absolute atomic E-state index is 2.70. The summed E-state index contributed by atoms with van der Waals surface area (Å²) in [4.78, 5) is 2.70. The van der Waals surface area contributed by atoms with Crippen LogP contribution >= 0.6 is 0 Å². The van der Waals surface area contributed by atoms with Crippen molar-refractivity contribution in [3.63, 3.8) is 0 Å². The maximum Gasteiger partial charge on any atom is 0.0591 e. The molecule has 5 aromatic carbocycles. The number of anilines is 1. The highest BCUT2D eigenvalue weighted by atomic mass is 15.2. The molecule has 5 aromatic rings. The Morgan fingerprint density at radius 1 is 0.544 bits per heavy atom. The lowest BCUT2D eigenvalue weighted by molar-refractivity contribution is 0.494. The Balaban J connectivity index is 0.966. The van der Waals surface area contributed by atoms with Crippen molar-refractivity contribution in [3.8, 4) is 11.1 Å². The average Bonchev–Trinajstić information content (AvgIpc) is 3.30. The normalized spacial score (nSPS) is 19.3. The van der Waals surface area contributed by atoms with E-state index in [1.807, 2.05) is 0 Å². The van der Waals surface area contributed by atoms with Crippen molar-refractivity contribution < 1.29 is 0 Å². The molecule has 0 aromatic heterocycles. The third-order valence-corrected chi connectivity index (χ3v) is 13.6. The molecule has 1 nitrogen and oxygen atoms in total. The van der Waals surface area contributed by atoms with Crippen molar-refractivity contribution in [2.24, 2.45) is 5.92 Å². The zero-order valence-electron chi connectivity index (χ0n) is 34.0. The first-order valence-corrected chi connectivity index (χ1v) is 22.2. The molecule has 1 heteroatoms. The van der Waals surface area contributed by atoms with Crippen LogP contribution < -0.4 is 4.90 Å². The highest BCUT2D eigenvalue weighted by Crippen LogP contribution is 2.43. The summed E-state index contributed by atoms with van der Waals surface area (Å²) in [6.07, 6.45) is 26.8. The minimum Gasteiger partial charge on any atom is -0.338 e. The van der Waals surface area contributed by atoms with Gasteiger partial charge in [0.1, 0.15) is 0 Å². The van der Waals surface area contributed by atoms with Gasteiger partial charge in [-0.3, -0.25) is 0 Å². The van der Waals surface area contributed by atoms with E-state index in [0.717, 1.165) is 19.3 Å². The van der Waals surface area contributed by atoms with Crippen LogP contribution in [-0.4, -0.2) is 0 Å². The molecule has 0 saturated carbocycles. The van der Waals surface area contributed by atoms with Crippen molar-refractivity contribution in [1.29, 1.82) is 0 Å². The highest BCUT2D eigenvalue weighted by molar-refractivity contribution is 5.70. The molecule has 57 heavy (non-hydrogen) atoms. The summed E-state index contributed by atoms with van der Waals surface area (Å²) >= 11 is 0. The topological polar surface area (TPSA) is 3.24 Å². The summed E-state index contributed by atoms with van der Waals surface area (Å²) in [6.45, 7) is 2.46. The summed E-state index contributed by atoms with van der Waals surface area (Å²) in [5.74, 6) is 0.837. The van der Waals surface area contributed by atoms with E-state index in [-0.39, 0.29) is 0 Å². The molecule has 9 rings (SSSR count). The Morgan fingerprint density at radius 3 is 1.93 bits per heavy atom. The summed E-state index contributed by atoms with van der Waals surface area (Å²) in [7, 11) is 0. The van der Waals surface area contributed by atoms with E-state index in [0.29, 0.717) is 17.9 Å². The van der Waals surface area contributed by atoms with Gasteiger partial charge in [0.25, 0.3) is 0 Å².